The first kappa shape index (κ1) is 19.0. The zero-order valence-corrected chi connectivity index (χ0v) is 15.3. The molecule has 0 saturated heterocycles. The van der Waals surface area contributed by atoms with Gasteiger partial charge >= 0.3 is 0 Å². The second-order valence-electron chi connectivity index (χ2n) is 5.32. The fraction of sp³-hybridized carbons (Fsp3) is 0. The van der Waals surface area contributed by atoms with E-state index in [1.54, 1.807) is 48.9 Å². The molecular weight excluding hydrogens is 380 g/mol. The lowest BCUT2D eigenvalue weighted by molar-refractivity contribution is -0.111. The van der Waals surface area contributed by atoms with Crippen molar-refractivity contribution in [3.05, 3.63) is 78.2 Å². The Morgan fingerprint density at radius 1 is 1.21 bits per heavy atom. The maximum atomic E-state index is 11.3. The summed E-state index contributed by atoms with van der Waals surface area (Å²) in [4.78, 5) is 23.5. The topological polar surface area (TPSA) is 101 Å². The standard InChI is InChI=1S/C19H15ClN6O2/c1-2-17(27)24-14-5-7-15(8-6-14)28-18-16(20)12-22-19(25-18)26-23-11-13-4-3-9-21-10-13/h2-12H,1H2,(H,24,27)(H,22,25,26)/b23-11+. The Bertz CT molecular complexity index is 993. The molecule has 0 radical (unpaired) electrons. The minimum absolute atomic E-state index is 0.165. The predicted molar refractivity (Wildman–Crippen MR) is 108 cm³/mol. The van der Waals surface area contributed by atoms with Crippen LogP contribution in [0.2, 0.25) is 5.02 Å². The van der Waals surface area contributed by atoms with E-state index in [1.165, 1.54) is 12.3 Å². The van der Waals surface area contributed by atoms with Gasteiger partial charge in [-0.15, -0.1) is 0 Å². The summed E-state index contributed by atoms with van der Waals surface area (Å²) in [5, 5.41) is 6.94. The van der Waals surface area contributed by atoms with Crippen molar-refractivity contribution in [3.8, 4) is 11.6 Å². The van der Waals surface area contributed by atoms with Gasteiger partial charge in [-0.3, -0.25) is 9.78 Å². The van der Waals surface area contributed by atoms with Gasteiger partial charge < -0.3 is 10.1 Å². The van der Waals surface area contributed by atoms with Crippen LogP contribution in [0.15, 0.2) is 72.7 Å². The summed E-state index contributed by atoms with van der Waals surface area (Å²) in [6.45, 7) is 3.40. The number of rotatable bonds is 7. The van der Waals surface area contributed by atoms with Gasteiger partial charge in [0, 0.05) is 23.6 Å². The number of anilines is 2. The molecule has 0 unspecified atom stereocenters. The van der Waals surface area contributed by atoms with Crippen molar-refractivity contribution in [2.45, 2.75) is 0 Å². The van der Waals surface area contributed by atoms with E-state index in [2.05, 4.69) is 37.4 Å². The van der Waals surface area contributed by atoms with E-state index in [9.17, 15) is 4.79 Å². The first-order valence-corrected chi connectivity index (χ1v) is 8.45. The van der Waals surface area contributed by atoms with Crippen LogP contribution >= 0.6 is 11.6 Å². The van der Waals surface area contributed by atoms with Crippen LogP contribution in [0.5, 0.6) is 11.6 Å². The number of nitrogens with one attached hydrogen (secondary N) is 2. The lowest BCUT2D eigenvalue weighted by Gasteiger charge is -2.08. The van der Waals surface area contributed by atoms with Gasteiger partial charge in [-0.1, -0.05) is 24.2 Å². The quantitative estimate of drug-likeness (QED) is 0.358. The summed E-state index contributed by atoms with van der Waals surface area (Å²) in [7, 11) is 0. The highest BCUT2D eigenvalue weighted by molar-refractivity contribution is 6.31. The highest BCUT2D eigenvalue weighted by atomic mass is 35.5. The third-order valence-corrected chi connectivity index (χ3v) is 3.56. The average Bonchev–Trinajstić information content (AvgIpc) is 2.72. The fourth-order valence-corrected chi connectivity index (χ4v) is 2.13. The van der Waals surface area contributed by atoms with Gasteiger partial charge in [0.25, 0.3) is 0 Å². The molecule has 0 atom stereocenters. The Balaban J connectivity index is 1.67. The molecule has 0 saturated carbocycles. The highest BCUT2D eigenvalue weighted by Gasteiger charge is 2.08. The summed E-state index contributed by atoms with van der Waals surface area (Å²) in [5.41, 5.74) is 4.14. The van der Waals surface area contributed by atoms with Crippen LogP contribution in [0.3, 0.4) is 0 Å². The zero-order valence-electron chi connectivity index (χ0n) is 14.5. The molecule has 2 aromatic heterocycles. The van der Waals surface area contributed by atoms with Gasteiger partial charge in [-0.25, -0.2) is 10.4 Å². The van der Waals surface area contributed by atoms with E-state index in [0.29, 0.717) is 11.4 Å². The Labute approximate surface area is 166 Å². The van der Waals surface area contributed by atoms with Gasteiger partial charge in [0.2, 0.25) is 17.7 Å². The molecule has 9 heteroatoms. The molecule has 28 heavy (non-hydrogen) atoms. The van der Waals surface area contributed by atoms with Gasteiger partial charge in [0.15, 0.2) is 0 Å². The maximum Gasteiger partial charge on any atom is 0.247 e. The molecule has 8 nitrogen and oxygen atoms in total. The molecule has 3 aromatic rings. The number of carbonyl (C=O) groups is 1. The number of benzene rings is 1. The van der Waals surface area contributed by atoms with Crippen molar-refractivity contribution in [2.24, 2.45) is 5.10 Å². The monoisotopic (exact) mass is 394 g/mol. The predicted octanol–water partition coefficient (Wildman–Crippen LogP) is 3.89. The molecular formula is C19H15ClN6O2. The Hall–Kier alpha value is -3.78. The minimum Gasteiger partial charge on any atom is -0.437 e. The molecule has 2 N–H and O–H groups in total. The number of hydrogen-bond donors (Lipinski definition) is 2. The summed E-state index contributed by atoms with van der Waals surface area (Å²) in [5.74, 6) is 0.574. The zero-order chi connectivity index (χ0) is 19.8. The minimum atomic E-state index is -0.296. The smallest absolute Gasteiger partial charge is 0.247 e. The summed E-state index contributed by atoms with van der Waals surface area (Å²) < 4.78 is 5.68. The van der Waals surface area contributed by atoms with Gasteiger partial charge in [-0.05, 0) is 36.4 Å². The lowest BCUT2D eigenvalue weighted by atomic mass is 10.3. The molecule has 3 rings (SSSR count). The molecule has 0 spiro atoms. The summed E-state index contributed by atoms with van der Waals surface area (Å²) in [6.07, 6.45) is 7.53. The van der Waals surface area contributed by atoms with E-state index < -0.39 is 0 Å². The molecule has 0 aliphatic carbocycles. The normalized spacial score (nSPS) is 10.5. The Kier molecular flexibility index (Phi) is 6.27. The Morgan fingerprint density at radius 2 is 2.04 bits per heavy atom. The van der Waals surface area contributed by atoms with Crippen molar-refractivity contribution in [1.29, 1.82) is 0 Å². The van der Waals surface area contributed by atoms with Crippen molar-refractivity contribution in [1.82, 2.24) is 15.0 Å². The average molecular weight is 395 g/mol. The second kappa shape index (κ2) is 9.24. The van der Waals surface area contributed by atoms with E-state index in [1.807, 2.05) is 6.07 Å². The third kappa shape index (κ3) is 5.36. The summed E-state index contributed by atoms with van der Waals surface area (Å²) in [6, 6.07) is 10.4. The molecule has 0 fully saturated rings. The van der Waals surface area contributed by atoms with Crippen molar-refractivity contribution >= 4 is 35.4 Å². The third-order valence-electron chi connectivity index (χ3n) is 3.30. The van der Waals surface area contributed by atoms with Crippen molar-refractivity contribution in [3.63, 3.8) is 0 Å². The van der Waals surface area contributed by atoms with Gasteiger partial charge in [-0.2, -0.15) is 10.1 Å². The van der Waals surface area contributed by atoms with E-state index in [4.69, 9.17) is 16.3 Å². The van der Waals surface area contributed by atoms with E-state index in [0.717, 1.165) is 5.56 Å². The van der Waals surface area contributed by atoms with E-state index in [-0.39, 0.29) is 22.8 Å². The molecule has 0 bridgehead atoms. The fourth-order valence-electron chi connectivity index (χ4n) is 2.01. The van der Waals surface area contributed by atoms with Crippen LogP contribution in [-0.2, 0) is 4.79 Å². The number of carbonyl (C=O) groups excluding carboxylic acids is 1. The maximum absolute atomic E-state index is 11.3. The number of ether oxygens (including phenoxy) is 1. The highest BCUT2D eigenvalue weighted by Crippen LogP contribution is 2.28. The van der Waals surface area contributed by atoms with Gasteiger partial charge in [0.1, 0.15) is 10.8 Å². The number of amides is 1. The number of hydrazone groups is 1. The molecule has 1 amide bonds. The number of nitrogens with zero attached hydrogens (tertiary/aromatic N) is 4. The van der Waals surface area contributed by atoms with Crippen LogP contribution in [-0.4, -0.2) is 27.1 Å². The van der Waals surface area contributed by atoms with Crippen molar-refractivity contribution < 1.29 is 9.53 Å². The van der Waals surface area contributed by atoms with Crippen LogP contribution in [0.25, 0.3) is 0 Å². The lowest BCUT2D eigenvalue weighted by Crippen LogP contribution is -2.06. The summed E-state index contributed by atoms with van der Waals surface area (Å²) >= 11 is 6.10. The molecule has 0 aliphatic heterocycles. The Morgan fingerprint density at radius 3 is 2.75 bits per heavy atom. The number of hydrogen-bond acceptors (Lipinski definition) is 7. The SMILES string of the molecule is C=CC(=O)Nc1ccc(Oc2nc(N/N=C/c3cccnc3)ncc2Cl)cc1. The first-order valence-electron chi connectivity index (χ1n) is 8.07. The number of pyridine rings is 1. The van der Waals surface area contributed by atoms with Gasteiger partial charge in [0.05, 0.1) is 12.4 Å². The molecule has 1 aromatic carbocycles. The molecule has 2 heterocycles. The number of aromatic nitrogens is 3. The van der Waals surface area contributed by atoms with Crippen LogP contribution in [0, 0.1) is 0 Å². The second-order valence-corrected chi connectivity index (χ2v) is 5.73. The van der Waals surface area contributed by atoms with E-state index >= 15 is 0 Å². The largest absolute Gasteiger partial charge is 0.437 e. The molecule has 140 valence electrons. The van der Waals surface area contributed by atoms with Crippen LogP contribution in [0.4, 0.5) is 11.6 Å². The van der Waals surface area contributed by atoms with Crippen molar-refractivity contribution in [2.75, 3.05) is 10.7 Å². The number of halogens is 1. The first-order chi connectivity index (χ1) is 13.6. The van der Waals surface area contributed by atoms with Crippen LogP contribution in [0.1, 0.15) is 5.56 Å². The molecule has 0 aliphatic rings. The van der Waals surface area contributed by atoms with Crippen LogP contribution < -0.4 is 15.5 Å².